The molecule has 90 valence electrons. The largest absolute Gasteiger partial charge is 0.411 e. The van der Waals surface area contributed by atoms with Crippen LogP contribution in [0.3, 0.4) is 0 Å². The third-order valence-corrected chi connectivity index (χ3v) is 4.02. The number of nitrogens with zero attached hydrogens (tertiary/aromatic N) is 2. The fourth-order valence-electron chi connectivity index (χ4n) is 3.10. The van der Waals surface area contributed by atoms with Crippen LogP contribution in [0.5, 0.6) is 0 Å². The Morgan fingerprint density at radius 2 is 2.00 bits per heavy atom. The lowest BCUT2D eigenvalue weighted by molar-refractivity contribution is 0.216. The highest BCUT2D eigenvalue weighted by Crippen LogP contribution is 2.27. The Bertz CT molecular complexity index is 442. The first-order valence-corrected chi connectivity index (χ1v) is 6.40. The van der Waals surface area contributed by atoms with E-state index in [4.69, 9.17) is 5.21 Å². The van der Waals surface area contributed by atoms with Gasteiger partial charge in [-0.15, -0.1) is 0 Å². The number of fused-ring (bicyclic) bond motifs is 1. The van der Waals surface area contributed by atoms with Crippen LogP contribution >= 0.6 is 0 Å². The minimum Gasteiger partial charge on any atom is -0.411 e. The molecule has 1 fully saturated rings. The molecule has 1 atom stereocenters. The molecule has 0 spiro atoms. The monoisotopic (exact) mass is 230 g/mol. The minimum atomic E-state index is 0.369. The SMILES string of the molecule is O/N=C1\CCC[C@@H]1N1CCc2ccccc2C1. The summed E-state index contributed by atoms with van der Waals surface area (Å²) >= 11 is 0. The second-order valence-electron chi connectivity index (χ2n) is 4.99. The predicted octanol–water partition coefficient (Wildman–Crippen LogP) is 2.43. The van der Waals surface area contributed by atoms with Crippen molar-refractivity contribution in [2.24, 2.45) is 5.16 Å². The van der Waals surface area contributed by atoms with E-state index in [1.807, 2.05) is 0 Å². The normalized spacial score (nSPS) is 27.3. The fourth-order valence-corrected chi connectivity index (χ4v) is 3.10. The molecule has 0 bridgehead atoms. The summed E-state index contributed by atoms with van der Waals surface area (Å²) in [6.45, 7) is 2.08. The second kappa shape index (κ2) is 4.49. The lowest BCUT2D eigenvalue weighted by Crippen LogP contribution is -2.41. The summed E-state index contributed by atoms with van der Waals surface area (Å²) in [5.74, 6) is 0. The van der Waals surface area contributed by atoms with Crippen LogP contribution in [0, 0.1) is 0 Å². The summed E-state index contributed by atoms with van der Waals surface area (Å²) in [6, 6.07) is 9.03. The first kappa shape index (κ1) is 10.8. The molecular formula is C14H18N2O. The molecule has 17 heavy (non-hydrogen) atoms. The number of hydrogen-bond donors (Lipinski definition) is 1. The van der Waals surface area contributed by atoms with Crippen molar-refractivity contribution in [2.75, 3.05) is 6.54 Å². The van der Waals surface area contributed by atoms with Gasteiger partial charge in [0.2, 0.25) is 0 Å². The van der Waals surface area contributed by atoms with Crippen LogP contribution < -0.4 is 0 Å². The van der Waals surface area contributed by atoms with Crippen molar-refractivity contribution in [3.8, 4) is 0 Å². The van der Waals surface area contributed by atoms with Crippen LogP contribution in [0.2, 0.25) is 0 Å². The van der Waals surface area contributed by atoms with Gasteiger partial charge in [0, 0.05) is 13.1 Å². The molecule has 3 rings (SSSR count). The Kier molecular flexibility index (Phi) is 2.85. The molecule has 0 radical (unpaired) electrons. The van der Waals surface area contributed by atoms with E-state index in [2.05, 4.69) is 34.3 Å². The van der Waals surface area contributed by atoms with Crippen LogP contribution in [0.1, 0.15) is 30.4 Å². The van der Waals surface area contributed by atoms with E-state index in [1.165, 1.54) is 11.1 Å². The molecule has 0 saturated heterocycles. The third kappa shape index (κ3) is 1.95. The number of rotatable bonds is 1. The smallest absolute Gasteiger partial charge is 0.0742 e. The Morgan fingerprint density at radius 3 is 2.82 bits per heavy atom. The van der Waals surface area contributed by atoms with E-state index in [0.29, 0.717) is 6.04 Å². The highest BCUT2D eigenvalue weighted by molar-refractivity contribution is 5.90. The van der Waals surface area contributed by atoms with Crippen LogP contribution in [-0.4, -0.2) is 28.4 Å². The molecule has 0 aromatic heterocycles. The van der Waals surface area contributed by atoms with Crippen LogP contribution in [-0.2, 0) is 13.0 Å². The van der Waals surface area contributed by atoms with Gasteiger partial charge in [0.15, 0.2) is 0 Å². The maximum atomic E-state index is 9.02. The Labute approximate surface area is 102 Å². The average Bonchev–Trinajstić information content (AvgIpc) is 2.86. The number of oxime groups is 1. The van der Waals surface area contributed by atoms with Crippen molar-refractivity contribution in [2.45, 2.75) is 38.3 Å². The van der Waals surface area contributed by atoms with Crippen LogP contribution in [0.15, 0.2) is 29.4 Å². The van der Waals surface area contributed by atoms with Gasteiger partial charge in [0.25, 0.3) is 0 Å². The molecule has 1 heterocycles. The van der Waals surface area contributed by atoms with E-state index >= 15 is 0 Å². The van der Waals surface area contributed by atoms with E-state index in [-0.39, 0.29) is 0 Å². The van der Waals surface area contributed by atoms with Crippen molar-refractivity contribution in [3.05, 3.63) is 35.4 Å². The first-order chi connectivity index (χ1) is 8.38. The van der Waals surface area contributed by atoms with Crippen LogP contribution in [0.25, 0.3) is 0 Å². The van der Waals surface area contributed by atoms with E-state index < -0.39 is 0 Å². The van der Waals surface area contributed by atoms with Gasteiger partial charge in [-0.25, -0.2) is 0 Å². The van der Waals surface area contributed by atoms with Gasteiger partial charge in [0.05, 0.1) is 11.8 Å². The molecular weight excluding hydrogens is 212 g/mol. The Balaban J connectivity index is 1.80. The minimum absolute atomic E-state index is 0.369. The first-order valence-electron chi connectivity index (χ1n) is 6.40. The zero-order valence-electron chi connectivity index (χ0n) is 9.97. The fraction of sp³-hybridized carbons (Fsp3) is 0.500. The Hall–Kier alpha value is -1.35. The maximum Gasteiger partial charge on any atom is 0.0742 e. The summed E-state index contributed by atoms with van der Waals surface area (Å²) in [4.78, 5) is 2.46. The van der Waals surface area contributed by atoms with Crippen molar-refractivity contribution < 1.29 is 5.21 Å². The highest BCUT2D eigenvalue weighted by atomic mass is 16.4. The summed E-state index contributed by atoms with van der Waals surface area (Å²) in [6.07, 6.45) is 4.37. The molecule has 0 unspecified atom stereocenters. The van der Waals surface area contributed by atoms with Crippen molar-refractivity contribution in [1.82, 2.24) is 4.90 Å². The van der Waals surface area contributed by atoms with Gasteiger partial charge in [-0.3, -0.25) is 4.90 Å². The molecule has 3 nitrogen and oxygen atoms in total. The third-order valence-electron chi connectivity index (χ3n) is 4.02. The Morgan fingerprint density at radius 1 is 1.18 bits per heavy atom. The second-order valence-corrected chi connectivity index (χ2v) is 4.99. The standard InChI is InChI=1S/C14H18N2O/c17-15-13-6-3-7-14(13)16-9-8-11-4-1-2-5-12(11)10-16/h1-2,4-5,14,17H,3,6-10H2/b15-13+/t14-/m0/s1. The molecule has 1 saturated carbocycles. The van der Waals surface area contributed by atoms with E-state index in [0.717, 1.165) is 44.5 Å². The molecule has 2 aliphatic rings. The molecule has 3 heteroatoms. The number of hydrogen-bond acceptors (Lipinski definition) is 3. The topological polar surface area (TPSA) is 35.8 Å². The zero-order chi connectivity index (χ0) is 11.7. The van der Waals surface area contributed by atoms with Crippen molar-refractivity contribution in [1.29, 1.82) is 0 Å². The van der Waals surface area contributed by atoms with E-state index in [9.17, 15) is 0 Å². The highest BCUT2D eigenvalue weighted by Gasteiger charge is 2.30. The molecule has 1 N–H and O–H groups in total. The lowest BCUT2D eigenvalue weighted by Gasteiger charge is -2.33. The van der Waals surface area contributed by atoms with Crippen molar-refractivity contribution in [3.63, 3.8) is 0 Å². The summed E-state index contributed by atoms with van der Waals surface area (Å²) < 4.78 is 0. The maximum absolute atomic E-state index is 9.02. The van der Waals surface area contributed by atoms with Gasteiger partial charge in [-0.2, -0.15) is 0 Å². The van der Waals surface area contributed by atoms with E-state index in [1.54, 1.807) is 0 Å². The van der Waals surface area contributed by atoms with Crippen LogP contribution in [0.4, 0.5) is 0 Å². The summed E-state index contributed by atoms with van der Waals surface area (Å²) in [5, 5.41) is 12.5. The quantitative estimate of drug-likeness (QED) is 0.594. The van der Waals surface area contributed by atoms with Gasteiger partial charge in [-0.1, -0.05) is 29.4 Å². The predicted molar refractivity (Wildman–Crippen MR) is 67.4 cm³/mol. The summed E-state index contributed by atoms with van der Waals surface area (Å²) in [5.41, 5.74) is 3.89. The summed E-state index contributed by atoms with van der Waals surface area (Å²) in [7, 11) is 0. The van der Waals surface area contributed by atoms with Crippen molar-refractivity contribution >= 4 is 5.71 Å². The van der Waals surface area contributed by atoms with Gasteiger partial charge in [-0.05, 0) is 36.8 Å². The average molecular weight is 230 g/mol. The zero-order valence-corrected chi connectivity index (χ0v) is 9.97. The van der Waals surface area contributed by atoms with Gasteiger partial charge >= 0.3 is 0 Å². The molecule has 0 amide bonds. The molecule has 1 aliphatic heterocycles. The van der Waals surface area contributed by atoms with Gasteiger partial charge in [0.1, 0.15) is 0 Å². The van der Waals surface area contributed by atoms with Gasteiger partial charge < -0.3 is 5.21 Å². The number of benzene rings is 1. The lowest BCUT2D eigenvalue weighted by atomic mass is 9.98. The molecule has 1 aromatic carbocycles. The molecule has 1 aromatic rings. The molecule has 1 aliphatic carbocycles.